The number of hydrogen-bond donors (Lipinski definition) is 0. The summed E-state index contributed by atoms with van der Waals surface area (Å²) in [4.78, 5) is 29.8. The van der Waals surface area contributed by atoms with Crippen LogP contribution in [0.25, 0.3) is 5.69 Å². The second-order valence-corrected chi connectivity index (χ2v) is 22.8. The smallest absolute Gasteiger partial charge is 0.352 e. The maximum atomic E-state index is 14.9. The number of rotatable bonds is 5. The molecule has 2 aromatic rings. The van der Waals surface area contributed by atoms with Crippen molar-refractivity contribution in [3.8, 4) is 5.69 Å². The normalized spacial score (nSPS) is 39.8. The van der Waals surface area contributed by atoms with Gasteiger partial charge in [0.1, 0.15) is 0 Å². The molecule has 8 heteroatoms. The van der Waals surface area contributed by atoms with E-state index in [0.717, 1.165) is 36.5 Å². The van der Waals surface area contributed by atoms with Gasteiger partial charge < -0.3 is 4.43 Å². The molecule has 1 aromatic carbocycles. The van der Waals surface area contributed by atoms with Crippen LogP contribution in [-0.2, 0) is 15.5 Å². The molecule has 6 nitrogen and oxygen atoms in total. The summed E-state index contributed by atoms with van der Waals surface area (Å²) in [7, 11) is -2.04. The molecule has 9 atom stereocenters. The quantitative estimate of drug-likeness (QED) is 0.136. The molecular weight excluding hydrogens is 677 g/mol. The van der Waals surface area contributed by atoms with Gasteiger partial charge in [-0.05, 0) is 97.9 Å². The predicted octanol–water partition coefficient (Wildman–Crippen LogP) is 7.87. The second-order valence-electron chi connectivity index (χ2n) is 17.1. The van der Waals surface area contributed by atoms with E-state index >= 15 is 0 Å². The number of para-hydroxylation sites is 1. The highest BCUT2D eigenvalue weighted by atomic mass is 127. The van der Waals surface area contributed by atoms with Gasteiger partial charge in [-0.2, -0.15) is 0 Å². The number of benzene rings is 1. The van der Waals surface area contributed by atoms with E-state index in [1.54, 1.807) is 0 Å². The highest BCUT2D eigenvalue weighted by Gasteiger charge is 2.75. The first-order valence-electron chi connectivity index (χ1n) is 17.1. The summed E-state index contributed by atoms with van der Waals surface area (Å²) in [5, 5.41) is 0.104. The standard InChI is InChI=1S/C36H52IN3O3Si/c1-24(23-37)27-14-15-28-33(27,5)18-17-29-34(6)19-16-26(43-44(7,8)32(2,3)4)22-35(34)20-21-36(28,29)40-31(42)38(30(41)39(35)40)25-12-10-9-11-13-25/h9-13,20-21,24,26-29H,14-19,22-23H2,1-8H3/t24-,26+,27-,28-,29-,33-,34-,35-,36+/m1/s1. The lowest BCUT2D eigenvalue weighted by molar-refractivity contribution is -0.198. The van der Waals surface area contributed by atoms with Gasteiger partial charge in [-0.15, -0.1) is 0 Å². The molecule has 0 saturated heterocycles. The zero-order valence-electron chi connectivity index (χ0n) is 28.0. The van der Waals surface area contributed by atoms with Gasteiger partial charge in [-0.3, -0.25) is 0 Å². The Morgan fingerprint density at radius 2 is 1.64 bits per heavy atom. The van der Waals surface area contributed by atoms with E-state index in [1.807, 2.05) is 39.7 Å². The monoisotopic (exact) mass is 729 g/mol. The highest BCUT2D eigenvalue weighted by Crippen LogP contribution is 2.74. The fraction of sp³-hybridized carbons (Fsp3) is 0.722. The molecule has 2 aliphatic heterocycles. The van der Waals surface area contributed by atoms with E-state index in [-0.39, 0.29) is 33.4 Å². The molecule has 2 spiro atoms. The number of aromatic nitrogens is 3. The third-order valence-corrected chi connectivity index (χ3v) is 20.2. The molecule has 0 radical (unpaired) electrons. The van der Waals surface area contributed by atoms with Gasteiger partial charge in [0, 0.05) is 22.4 Å². The van der Waals surface area contributed by atoms with Gasteiger partial charge in [0.15, 0.2) is 8.32 Å². The van der Waals surface area contributed by atoms with Crippen LogP contribution >= 0.6 is 22.6 Å². The summed E-state index contributed by atoms with van der Waals surface area (Å²) in [6, 6.07) is 9.60. The number of hydrogen-bond acceptors (Lipinski definition) is 3. The van der Waals surface area contributed by atoms with Gasteiger partial charge >= 0.3 is 11.4 Å². The summed E-state index contributed by atoms with van der Waals surface area (Å²) in [6.07, 6.45) is 12.3. The van der Waals surface area contributed by atoms with Gasteiger partial charge in [0.05, 0.1) is 16.8 Å². The van der Waals surface area contributed by atoms with E-state index in [1.165, 1.54) is 17.4 Å². The lowest BCUT2D eigenvalue weighted by atomic mass is 9.40. The van der Waals surface area contributed by atoms with Crippen molar-refractivity contribution < 1.29 is 4.43 Å². The summed E-state index contributed by atoms with van der Waals surface area (Å²) < 4.78 is 13.8. The van der Waals surface area contributed by atoms with Crippen molar-refractivity contribution in [2.45, 2.75) is 122 Å². The lowest BCUT2D eigenvalue weighted by Gasteiger charge is -2.71. The van der Waals surface area contributed by atoms with Gasteiger partial charge in [0.2, 0.25) is 0 Å². The van der Waals surface area contributed by atoms with Crippen LogP contribution in [0.15, 0.2) is 52.1 Å². The van der Waals surface area contributed by atoms with Gasteiger partial charge in [-0.1, -0.05) is 94.5 Å². The Hall–Kier alpha value is -1.39. The van der Waals surface area contributed by atoms with Crippen LogP contribution in [0.2, 0.25) is 18.1 Å². The second kappa shape index (κ2) is 9.81. The summed E-state index contributed by atoms with van der Waals surface area (Å²) in [5.41, 5.74) is -0.786. The summed E-state index contributed by atoms with van der Waals surface area (Å²) in [6.45, 7) is 19.0. The highest BCUT2D eigenvalue weighted by molar-refractivity contribution is 14.1. The van der Waals surface area contributed by atoms with E-state index in [0.29, 0.717) is 29.4 Å². The molecule has 3 saturated carbocycles. The maximum absolute atomic E-state index is 14.9. The molecule has 4 aliphatic carbocycles. The number of allylic oxidation sites excluding steroid dienone is 2. The Bertz CT molecular complexity index is 1620. The minimum atomic E-state index is -2.04. The predicted molar refractivity (Wildman–Crippen MR) is 189 cm³/mol. The molecule has 3 heterocycles. The molecule has 0 amide bonds. The third-order valence-electron chi connectivity index (χ3n) is 14.3. The van der Waals surface area contributed by atoms with Crippen molar-refractivity contribution in [3.63, 3.8) is 0 Å². The minimum absolute atomic E-state index is 0.0592. The number of halogens is 1. The van der Waals surface area contributed by atoms with Gasteiger partial charge in [0.25, 0.3) is 0 Å². The number of fused-ring (bicyclic) bond motifs is 1. The molecule has 240 valence electrons. The zero-order chi connectivity index (χ0) is 31.7. The summed E-state index contributed by atoms with van der Waals surface area (Å²) in [5.74, 6) is 1.91. The van der Waals surface area contributed by atoms with E-state index < -0.39 is 19.4 Å². The first kappa shape index (κ1) is 31.2. The molecule has 3 fully saturated rings. The molecule has 0 unspecified atom stereocenters. The lowest BCUT2D eigenvalue weighted by Crippen LogP contribution is -2.76. The van der Waals surface area contributed by atoms with Crippen LogP contribution in [-0.4, -0.2) is 32.8 Å². The van der Waals surface area contributed by atoms with Crippen LogP contribution < -0.4 is 11.4 Å². The molecule has 44 heavy (non-hydrogen) atoms. The summed E-state index contributed by atoms with van der Waals surface area (Å²) >= 11 is 2.57. The van der Waals surface area contributed by atoms with Crippen molar-refractivity contribution in [1.82, 2.24) is 13.9 Å². The van der Waals surface area contributed by atoms with E-state index in [4.69, 9.17) is 4.43 Å². The van der Waals surface area contributed by atoms with E-state index in [9.17, 15) is 9.59 Å². The minimum Gasteiger partial charge on any atom is -0.414 e. The largest absolute Gasteiger partial charge is 0.414 e. The van der Waals surface area contributed by atoms with Gasteiger partial charge in [-0.25, -0.2) is 23.5 Å². The molecule has 8 rings (SSSR count). The number of nitrogens with zero attached hydrogens (tertiary/aromatic N) is 3. The Morgan fingerprint density at radius 3 is 2.30 bits per heavy atom. The van der Waals surface area contributed by atoms with Crippen molar-refractivity contribution in [2.24, 2.45) is 34.5 Å². The van der Waals surface area contributed by atoms with Crippen LogP contribution in [0.5, 0.6) is 0 Å². The molecule has 1 aromatic heterocycles. The maximum Gasteiger partial charge on any atom is 0.352 e. The average Bonchev–Trinajstić information content (AvgIpc) is 3.47. The fourth-order valence-corrected chi connectivity index (χ4v) is 13.2. The Morgan fingerprint density at radius 1 is 0.955 bits per heavy atom. The van der Waals surface area contributed by atoms with Crippen LogP contribution in [0, 0.1) is 34.5 Å². The first-order chi connectivity index (χ1) is 20.6. The fourth-order valence-electron chi connectivity index (χ4n) is 11.2. The zero-order valence-corrected chi connectivity index (χ0v) is 31.2. The SMILES string of the molecule is C[C@H](CI)[C@H]1CC[C@@H]2[C@]1(C)CC[C@H]1[C@]23C=C[C@]2(C[C@@H](O[Si](C)(C)C(C)(C)C)CC[C@]12C)n1c(=O)n(-c2ccccc2)c(=O)n13. The molecule has 0 N–H and O–H groups in total. The average molecular weight is 730 g/mol. The van der Waals surface area contributed by atoms with Crippen molar-refractivity contribution in [2.75, 3.05) is 4.43 Å². The Balaban J connectivity index is 1.47. The van der Waals surface area contributed by atoms with Crippen molar-refractivity contribution >= 4 is 30.9 Å². The van der Waals surface area contributed by atoms with E-state index in [2.05, 4.69) is 89.4 Å². The van der Waals surface area contributed by atoms with Crippen LogP contribution in [0.4, 0.5) is 0 Å². The van der Waals surface area contributed by atoms with Crippen LogP contribution in [0.3, 0.4) is 0 Å². The molecule has 2 bridgehead atoms. The molecule has 6 aliphatic rings. The number of alkyl halides is 1. The molecular formula is C36H52IN3O3Si. The van der Waals surface area contributed by atoms with Crippen molar-refractivity contribution in [3.05, 3.63) is 63.5 Å². The van der Waals surface area contributed by atoms with Crippen LogP contribution in [0.1, 0.15) is 86.5 Å². The first-order valence-corrected chi connectivity index (χ1v) is 21.5. The Labute approximate surface area is 277 Å². The third kappa shape index (κ3) is 3.73. The topological polar surface area (TPSA) is 58.2 Å². The Kier molecular flexibility index (Phi) is 6.96. The van der Waals surface area contributed by atoms with Crippen molar-refractivity contribution in [1.29, 1.82) is 0 Å².